The van der Waals surface area contributed by atoms with Gasteiger partial charge in [0.15, 0.2) is 0 Å². The van der Waals surface area contributed by atoms with Crippen LogP contribution in [0.1, 0.15) is 0 Å². The van der Waals surface area contributed by atoms with E-state index in [4.69, 9.17) is 10.2 Å². The molecule has 0 aromatic heterocycles. The highest BCUT2D eigenvalue weighted by Gasteiger charge is 0.841. The van der Waals surface area contributed by atoms with E-state index in [0.29, 0.717) is 0 Å². The maximum Gasteiger partial charge on any atom is 0.0319 e. The topological polar surface area (TPSA) is 40.5 Å². The predicted molar refractivity (Wildman–Crippen MR) is 27.5 cm³/mol. The Labute approximate surface area is 38.7 Å². The van der Waals surface area contributed by atoms with Crippen molar-refractivity contribution in [1.82, 2.24) is 0 Å². The van der Waals surface area contributed by atoms with Crippen LogP contribution in [0.3, 0.4) is 0 Å². The molecule has 0 saturated carbocycles. The van der Waals surface area contributed by atoms with E-state index in [1.807, 2.05) is 0 Å². The lowest BCUT2D eigenvalue weighted by Crippen LogP contribution is -1.25. The van der Waals surface area contributed by atoms with Gasteiger partial charge in [0, 0.05) is 14.2 Å². The van der Waals surface area contributed by atoms with Crippen molar-refractivity contribution in [3.8, 4) is 0 Å². The third kappa shape index (κ3) is 224. The van der Waals surface area contributed by atoms with Crippen LogP contribution >= 0.6 is 0 Å². The summed E-state index contributed by atoms with van der Waals surface area (Å²) in [4.78, 5) is 0. The molecular weight excluding hydrogens is 80.0 g/mol. The molecule has 0 saturated heterocycles. The molecule has 0 bridgehead atoms. The second-order valence-electron chi connectivity index (χ2n) is 0. The van der Waals surface area contributed by atoms with Crippen molar-refractivity contribution in [2.75, 3.05) is 14.2 Å². The summed E-state index contributed by atoms with van der Waals surface area (Å²) in [6, 6.07) is 0. The highest BCUT2D eigenvalue weighted by Crippen LogP contribution is 0.862. The molecule has 2 heteroatoms. The minimum Gasteiger partial charge on any atom is -0.400 e. The standard InChI is InChI=1S/C2H4.2CH4O/c3*1-2/h1-2H2;2*2H,1H3. The smallest absolute Gasteiger partial charge is 0.0319 e. The van der Waals surface area contributed by atoms with Crippen LogP contribution in [-0.2, 0) is 0 Å². The van der Waals surface area contributed by atoms with E-state index in [9.17, 15) is 0 Å². The Hall–Kier alpha value is -0.340. The molecule has 0 spiro atoms. The Morgan fingerprint density at radius 1 is 0.833 bits per heavy atom. The third-order valence-corrected chi connectivity index (χ3v) is 0. The van der Waals surface area contributed by atoms with Crippen LogP contribution in [0.2, 0.25) is 0 Å². The molecule has 0 heterocycles. The quantitative estimate of drug-likeness (QED) is 0.413. The van der Waals surface area contributed by atoms with Gasteiger partial charge in [-0.1, -0.05) is 0 Å². The van der Waals surface area contributed by atoms with Crippen LogP contribution in [-0.4, -0.2) is 24.4 Å². The van der Waals surface area contributed by atoms with Crippen molar-refractivity contribution >= 4 is 0 Å². The molecule has 0 rings (SSSR count). The number of aliphatic hydroxyl groups is 2. The van der Waals surface area contributed by atoms with Gasteiger partial charge in [0.05, 0.1) is 0 Å². The Balaban J connectivity index is -0.0000000225. The Bertz CT molecular complexity index is 5.51. The molecular formula is C4H12O2. The van der Waals surface area contributed by atoms with Crippen LogP contribution in [0.4, 0.5) is 0 Å². The highest BCUT2D eigenvalue weighted by atomic mass is 16.2. The number of rotatable bonds is 0. The molecule has 0 aliphatic carbocycles. The predicted octanol–water partition coefficient (Wildman–Crippen LogP) is 0.0192. The van der Waals surface area contributed by atoms with E-state index in [1.165, 1.54) is 0 Å². The van der Waals surface area contributed by atoms with Gasteiger partial charge in [0.1, 0.15) is 0 Å². The summed E-state index contributed by atoms with van der Waals surface area (Å²) in [5.41, 5.74) is 0. The molecule has 2 nitrogen and oxygen atoms in total. The first-order chi connectivity index (χ1) is 3.00. The maximum atomic E-state index is 7.00. The molecule has 0 amide bonds. The molecule has 0 aromatic carbocycles. The average molecular weight is 92.1 g/mol. The fraction of sp³-hybridized carbons (Fsp3) is 0.500. The molecule has 2 N–H and O–H groups in total. The second-order valence-corrected chi connectivity index (χ2v) is 0. The van der Waals surface area contributed by atoms with Crippen molar-refractivity contribution in [2.45, 2.75) is 0 Å². The van der Waals surface area contributed by atoms with Gasteiger partial charge in [-0.3, -0.25) is 0 Å². The lowest BCUT2D eigenvalue weighted by Gasteiger charge is -1.21. The largest absolute Gasteiger partial charge is 0.400 e. The van der Waals surface area contributed by atoms with E-state index in [0.717, 1.165) is 14.2 Å². The third-order valence-electron chi connectivity index (χ3n) is 0. The molecule has 0 aromatic rings. The summed E-state index contributed by atoms with van der Waals surface area (Å²) in [7, 11) is 2.00. The van der Waals surface area contributed by atoms with E-state index in [2.05, 4.69) is 13.2 Å². The van der Waals surface area contributed by atoms with Crippen LogP contribution in [0.25, 0.3) is 0 Å². The zero-order chi connectivity index (χ0) is 6.00. The zero-order valence-corrected chi connectivity index (χ0v) is 4.31. The van der Waals surface area contributed by atoms with Gasteiger partial charge in [-0.25, -0.2) is 0 Å². The number of hydrogen-bond donors (Lipinski definition) is 2. The monoisotopic (exact) mass is 92.1 g/mol. The lowest BCUT2D eigenvalue weighted by molar-refractivity contribution is 0.399. The number of aliphatic hydroxyl groups excluding tert-OH is 2. The summed E-state index contributed by atoms with van der Waals surface area (Å²) in [6.07, 6.45) is 0. The van der Waals surface area contributed by atoms with Gasteiger partial charge in [0.25, 0.3) is 0 Å². The average Bonchev–Trinajstić information content (AvgIpc) is 1.81. The Morgan fingerprint density at radius 3 is 0.833 bits per heavy atom. The summed E-state index contributed by atoms with van der Waals surface area (Å²) in [6.45, 7) is 6.00. The Kier molecular flexibility index (Phi) is 1560. The fourth-order valence-electron chi connectivity index (χ4n) is 0. The normalized spacial score (nSPS) is 2.67. The van der Waals surface area contributed by atoms with Crippen LogP contribution in [0, 0.1) is 0 Å². The first-order valence-corrected chi connectivity index (χ1v) is 1.39. The SMILES string of the molecule is C=C.CO.CO. The van der Waals surface area contributed by atoms with Gasteiger partial charge >= 0.3 is 0 Å². The molecule has 0 aliphatic heterocycles. The lowest BCUT2D eigenvalue weighted by atomic mass is 11.3. The van der Waals surface area contributed by atoms with Gasteiger partial charge in [-0.2, -0.15) is 0 Å². The summed E-state index contributed by atoms with van der Waals surface area (Å²) >= 11 is 0. The highest BCUT2D eigenvalue weighted by molar-refractivity contribution is 4.22. The van der Waals surface area contributed by atoms with Gasteiger partial charge in [-0.05, 0) is 0 Å². The van der Waals surface area contributed by atoms with Gasteiger partial charge in [0.2, 0.25) is 0 Å². The molecule has 0 atom stereocenters. The van der Waals surface area contributed by atoms with E-state index < -0.39 is 0 Å². The first kappa shape index (κ1) is 17.4. The molecule has 0 fully saturated rings. The summed E-state index contributed by atoms with van der Waals surface area (Å²) in [5.74, 6) is 0. The summed E-state index contributed by atoms with van der Waals surface area (Å²) in [5, 5.41) is 14.0. The van der Waals surface area contributed by atoms with Crippen molar-refractivity contribution < 1.29 is 10.2 Å². The van der Waals surface area contributed by atoms with Crippen molar-refractivity contribution in [3.63, 3.8) is 0 Å². The molecule has 0 radical (unpaired) electrons. The Morgan fingerprint density at radius 2 is 0.833 bits per heavy atom. The number of hydrogen-bond acceptors (Lipinski definition) is 2. The zero-order valence-electron chi connectivity index (χ0n) is 4.31. The van der Waals surface area contributed by atoms with Crippen molar-refractivity contribution in [2.24, 2.45) is 0 Å². The van der Waals surface area contributed by atoms with Gasteiger partial charge in [-0.15, -0.1) is 13.2 Å². The first-order valence-electron chi connectivity index (χ1n) is 1.39. The van der Waals surface area contributed by atoms with Crippen LogP contribution < -0.4 is 0 Å². The van der Waals surface area contributed by atoms with Crippen molar-refractivity contribution in [3.05, 3.63) is 13.2 Å². The van der Waals surface area contributed by atoms with E-state index in [1.54, 1.807) is 0 Å². The van der Waals surface area contributed by atoms with Gasteiger partial charge < -0.3 is 10.2 Å². The van der Waals surface area contributed by atoms with Crippen molar-refractivity contribution in [1.29, 1.82) is 0 Å². The molecule has 40 valence electrons. The minimum atomic E-state index is 1.00. The van der Waals surface area contributed by atoms with E-state index in [-0.39, 0.29) is 0 Å². The minimum absolute atomic E-state index is 1.00. The van der Waals surface area contributed by atoms with Crippen LogP contribution in [0.15, 0.2) is 13.2 Å². The second kappa shape index (κ2) is 540. The fourth-order valence-corrected chi connectivity index (χ4v) is 0. The molecule has 6 heavy (non-hydrogen) atoms. The molecule has 0 aliphatic rings. The maximum absolute atomic E-state index is 7.00. The summed E-state index contributed by atoms with van der Waals surface area (Å²) < 4.78 is 0. The molecule has 0 unspecified atom stereocenters. The van der Waals surface area contributed by atoms with Crippen LogP contribution in [0.5, 0.6) is 0 Å². The van der Waals surface area contributed by atoms with E-state index >= 15 is 0 Å².